The quantitative estimate of drug-likeness (QED) is 0.617. The zero-order valence-electron chi connectivity index (χ0n) is 20.6. The van der Waals surface area contributed by atoms with E-state index in [2.05, 4.69) is 16.8 Å². The molecular formula is C24H35N5O5. The Morgan fingerprint density at radius 1 is 1.06 bits per heavy atom. The lowest BCUT2D eigenvalue weighted by Gasteiger charge is -2.36. The Balaban J connectivity index is 1.69. The number of benzene rings is 1. The highest BCUT2D eigenvalue weighted by atomic mass is 16.5. The van der Waals surface area contributed by atoms with Gasteiger partial charge in [-0.3, -0.25) is 4.79 Å². The Hall–Kier alpha value is -3.01. The van der Waals surface area contributed by atoms with E-state index in [1.807, 2.05) is 4.90 Å². The minimum absolute atomic E-state index is 0.0829. The van der Waals surface area contributed by atoms with Crippen molar-refractivity contribution in [1.82, 2.24) is 14.9 Å². The molecule has 0 bridgehead atoms. The number of aryl methyl sites for hydroxylation is 1. The number of fused-ring (bicyclic) bond motifs is 1. The average molecular weight is 474 g/mol. The predicted molar refractivity (Wildman–Crippen MR) is 130 cm³/mol. The summed E-state index contributed by atoms with van der Waals surface area (Å²) in [6.07, 6.45) is 4.19. The molecule has 1 atom stereocenters. The Bertz CT molecular complexity index is 1030. The number of rotatable bonds is 8. The average Bonchev–Trinajstić information content (AvgIpc) is 3.41. The highest BCUT2D eigenvalue weighted by molar-refractivity contribution is 6.00. The maximum absolute atomic E-state index is 12.7. The van der Waals surface area contributed by atoms with Gasteiger partial charge in [0.25, 0.3) is 5.91 Å². The van der Waals surface area contributed by atoms with Crippen LogP contribution < -0.4 is 24.8 Å². The van der Waals surface area contributed by atoms with Crippen LogP contribution in [0.1, 0.15) is 38.2 Å². The molecule has 2 aliphatic heterocycles. The van der Waals surface area contributed by atoms with Gasteiger partial charge >= 0.3 is 0 Å². The Kier molecular flexibility index (Phi) is 7.45. The summed E-state index contributed by atoms with van der Waals surface area (Å²) in [7, 11) is 4.77. The van der Waals surface area contributed by atoms with E-state index in [-0.39, 0.29) is 12.0 Å². The van der Waals surface area contributed by atoms with Gasteiger partial charge in [0.05, 0.1) is 32.2 Å². The summed E-state index contributed by atoms with van der Waals surface area (Å²) >= 11 is 0. The van der Waals surface area contributed by atoms with Crippen molar-refractivity contribution >= 4 is 28.6 Å². The maximum Gasteiger partial charge on any atom is 0.251 e. The topological polar surface area (TPSA) is 112 Å². The number of hydrogen-bond donors (Lipinski definition) is 1. The molecule has 34 heavy (non-hydrogen) atoms. The highest BCUT2D eigenvalue weighted by Gasteiger charge is 2.32. The number of amides is 1. The minimum Gasteiger partial charge on any atom is -0.492 e. The van der Waals surface area contributed by atoms with E-state index in [0.717, 1.165) is 37.7 Å². The third kappa shape index (κ3) is 4.38. The van der Waals surface area contributed by atoms with Crippen molar-refractivity contribution in [2.45, 2.75) is 45.1 Å². The van der Waals surface area contributed by atoms with Crippen LogP contribution in [0.15, 0.2) is 0 Å². The number of ether oxygens (including phenoxy) is 4. The maximum atomic E-state index is 12.7. The Morgan fingerprint density at radius 2 is 1.76 bits per heavy atom. The second kappa shape index (κ2) is 10.5. The zero-order chi connectivity index (χ0) is 24.2. The summed E-state index contributed by atoms with van der Waals surface area (Å²) < 4.78 is 22.6. The molecule has 1 unspecified atom stereocenters. The summed E-state index contributed by atoms with van der Waals surface area (Å²) in [5.74, 6) is 2.52. The van der Waals surface area contributed by atoms with Crippen molar-refractivity contribution < 1.29 is 23.7 Å². The molecule has 10 heteroatoms. The third-order valence-corrected chi connectivity index (χ3v) is 6.60. The van der Waals surface area contributed by atoms with E-state index in [0.29, 0.717) is 72.7 Å². The van der Waals surface area contributed by atoms with Gasteiger partial charge in [0, 0.05) is 38.3 Å². The fraction of sp³-hybridized carbons (Fsp3) is 0.625. The molecule has 0 saturated carbocycles. The predicted octanol–water partition coefficient (Wildman–Crippen LogP) is 2.41. The number of nitrogens with two attached hydrogens (primary N) is 1. The number of nitrogens with zero attached hydrogens (tertiary/aromatic N) is 4. The van der Waals surface area contributed by atoms with Gasteiger partial charge in [-0.25, -0.2) is 4.98 Å². The molecule has 2 aromatic rings. The van der Waals surface area contributed by atoms with E-state index in [1.165, 1.54) is 0 Å². The summed E-state index contributed by atoms with van der Waals surface area (Å²) in [4.78, 5) is 26.2. The molecular weight excluding hydrogens is 438 g/mol. The van der Waals surface area contributed by atoms with Crippen LogP contribution in [0.3, 0.4) is 0 Å². The first-order chi connectivity index (χ1) is 16.5. The van der Waals surface area contributed by atoms with Gasteiger partial charge in [-0.1, -0.05) is 13.3 Å². The monoisotopic (exact) mass is 473 g/mol. The molecule has 2 fully saturated rings. The van der Waals surface area contributed by atoms with Crippen LogP contribution in [0.2, 0.25) is 0 Å². The van der Waals surface area contributed by atoms with Crippen LogP contribution in [0.4, 0.5) is 11.8 Å². The fourth-order valence-electron chi connectivity index (χ4n) is 4.80. The number of nitrogen functional groups attached to an aromatic ring is 1. The van der Waals surface area contributed by atoms with Gasteiger partial charge < -0.3 is 34.5 Å². The highest BCUT2D eigenvalue weighted by Crippen LogP contribution is 2.48. The number of carbonyl (C=O) groups excluding carboxylic acids is 1. The Labute approximate surface area is 200 Å². The number of anilines is 2. The number of carbonyl (C=O) groups is 1. The molecule has 3 heterocycles. The molecule has 4 rings (SSSR count). The van der Waals surface area contributed by atoms with E-state index < -0.39 is 0 Å². The van der Waals surface area contributed by atoms with Crippen molar-refractivity contribution in [3.05, 3.63) is 5.56 Å². The van der Waals surface area contributed by atoms with E-state index >= 15 is 0 Å². The molecule has 1 amide bonds. The Morgan fingerprint density at radius 3 is 2.35 bits per heavy atom. The van der Waals surface area contributed by atoms with Crippen LogP contribution in [0, 0.1) is 0 Å². The van der Waals surface area contributed by atoms with Crippen molar-refractivity contribution in [3.8, 4) is 17.2 Å². The summed E-state index contributed by atoms with van der Waals surface area (Å²) in [6, 6.07) is 0. The number of aromatic nitrogens is 2. The molecule has 0 aliphatic carbocycles. The number of piperazine rings is 1. The van der Waals surface area contributed by atoms with Crippen molar-refractivity contribution in [1.29, 1.82) is 0 Å². The SMILES string of the molecule is CCCCc1c(OC)c(OC)c(OC)c2c(N)nc(N3CCN(C(=O)C4CCCO4)CC3)nc12. The van der Waals surface area contributed by atoms with Crippen molar-refractivity contribution in [3.63, 3.8) is 0 Å². The first kappa shape index (κ1) is 24.1. The van der Waals surface area contributed by atoms with Crippen LogP contribution >= 0.6 is 0 Å². The van der Waals surface area contributed by atoms with Crippen LogP contribution in [0.5, 0.6) is 17.2 Å². The molecule has 2 saturated heterocycles. The second-order valence-electron chi connectivity index (χ2n) is 8.63. The molecule has 1 aromatic heterocycles. The molecule has 10 nitrogen and oxygen atoms in total. The summed E-state index contributed by atoms with van der Waals surface area (Å²) in [5.41, 5.74) is 8.12. The van der Waals surface area contributed by atoms with Gasteiger partial charge in [0.1, 0.15) is 11.9 Å². The summed E-state index contributed by atoms with van der Waals surface area (Å²) in [6.45, 7) is 5.24. The molecule has 2 aliphatic rings. The molecule has 186 valence electrons. The van der Waals surface area contributed by atoms with E-state index in [9.17, 15) is 4.79 Å². The minimum atomic E-state index is -0.296. The normalized spacial score (nSPS) is 18.4. The lowest BCUT2D eigenvalue weighted by molar-refractivity contribution is -0.141. The first-order valence-corrected chi connectivity index (χ1v) is 12.0. The van der Waals surface area contributed by atoms with Crippen LogP contribution in [0.25, 0.3) is 10.9 Å². The van der Waals surface area contributed by atoms with Gasteiger partial charge in [-0.2, -0.15) is 4.98 Å². The smallest absolute Gasteiger partial charge is 0.251 e. The zero-order valence-corrected chi connectivity index (χ0v) is 20.6. The van der Waals surface area contributed by atoms with Crippen molar-refractivity contribution in [2.24, 2.45) is 0 Å². The van der Waals surface area contributed by atoms with E-state index in [1.54, 1.807) is 21.3 Å². The lowest BCUT2D eigenvalue weighted by Crippen LogP contribution is -2.51. The third-order valence-electron chi connectivity index (χ3n) is 6.60. The molecule has 0 radical (unpaired) electrons. The van der Waals surface area contributed by atoms with Crippen molar-refractivity contribution in [2.75, 3.05) is 64.7 Å². The second-order valence-corrected chi connectivity index (χ2v) is 8.63. The standard InChI is InChI=1S/C24H35N5O5/c1-5-6-8-15-18-17(20(32-3)21(33-4)19(15)31-2)22(25)27-24(26-18)29-12-10-28(11-13-29)23(30)16-9-7-14-34-16/h16H,5-14H2,1-4H3,(H2,25,26,27). The fourth-order valence-corrected chi connectivity index (χ4v) is 4.80. The van der Waals surface area contributed by atoms with Crippen LogP contribution in [-0.4, -0.2) is 81.0 Å². The first-order valence-electron chi connectivity index (χ1n) is 12.0. The van der Waals surface area contributed by atoms with E-state index in [4.69, 9.17) is 29.7 Å². The van der Waals surface area contributed by atoms with Crippen LogP contribution in [-0.2, 0) is 16.0 Å². The molecule has 2 N–H and O–H groups in total. The number of unbranched alkanes of at least 4 members (excludes halogenated alkanes) is 1. The van der Waals surface area contributed by atoms with Gasteiger partial charge in [-0.05, 0) is 25.7 Å². The van der Waals surface area contributed by atoms with Gasteiger partial charge in [0.15, 0.2) is 11.5 Å². The molecule has 0 spiro atoms. The molecule has 1 aromatic carbocycles. The lowest BCUT2D eigenvalue weighted by atomic mass is 10.0. The van der Waals surface area contributed by atoms with Gasteiger partial charge in [-0.15, -0.1) is 0 Å². The summed E-state index contributed by atoms with van der Waals surface area (Å²) in [5, 5.41) is 0.627. The largest absolute Gasteiger partial charge is 0.492 e. The number of methoxy groups -OCH3 is 3. The van der Waals surface area contributed by atoms with Gasteiger partial charge in [0.2, 0.25) is 11.7 Å². The number of hydrogen-bond acceptors (Lipinski definition) is 9.